The molecule has 16 heavy (non-hydrogen) atoms. The second-order valence-corrected chi connectivity index (χ2v) is 6.15. The highest BCUT2D eigenvalue weighted by molar-refractivity contribution is 9.10. The number of benzene rings is 1. The maximum atomic E-state index is 3.55. The van der Waals surface area contributed by atoms with Crippen LogP contribution in [0.5, 0.6) is 0 Å². The van der Waals surface area contributed by atoms with E-state index in [-0.39, 0.29) is 0 Å². The van der Waals surface area contributed by atoms with Crippen molar-refractivity contribution in [1.82, 2.24) is 4.90 Å². The summed E-state index contributed by atoms with van der Waals surface area (Å²) in [6.07, 6.45) is 5.75. The van der Waals surface area contributed by atoms with Crippen molar-refractivity contribution in [2.24, 2.45) is 5.92 Å². The Hall–Kier alpha value is -0.340. The highest BCUT2D eigenvalue weighted by Gasteiger charge is 2.33. The van der Waals surface area contributed by atoms with Crippen LogP contribution in [0.2, 0.25) is 0 Å². The first kappa shape index (κ1) is 10.8. The van der Waals surface area contributed by atoms with E-state index >= 15 is 0 Å². The molecule has 1 nitrogen and oxygen atoms in total. The summed E-state index contributed by atoms with van der Waals surface area (Å²) in [6.45, 7) is 2.47. The molecule has 0 amide bonds. The van der Waals surface area contributed by atoms with Crippen LogP contribution in [-0.4, -0.2) is 17.5 Å². The molecule has 0 aliphatic heterocycles. The third kappa shape index (κ3) is 2.86. The summed E-state index contributed by atoms with van der Waals surface area (Å²) >= 11 is 3.55. The highest BCUT2D eigenvalue weighted by Crippen LogP contribution is 2.35. The smallest absolute Gasteiger partial charge is 0.0237 e. The number of hydrogen-bond donors (Lipinski definition) is 0. The van der Waals surface area contributed by atoms with E-state index in [1.165, 1.54) is 42.3 Å². The van der Waals surface area contributed by atoms with Gasteiger partial charge in [-0.2, -0.15) is 0 Å². The fraction of sp³-hybridized carbons (Fsp3) is 0.571. The molecule has 0 aromatic heterocycles. The van der Waals surface area contributed by atoms with Gasteiger partial charge < -0.3 is 0 Å². The molecule has 0 atom stereocenters. The fourth-order valence-electron chi connectivity index (χ4n) is 2.28. The van der Waals surface area contributed by atoms with Crippen LogP contribution in [0, 0.1) is 5.92 Å². The van der Waals surface area contributed by atoms with Crippen molar-refractivity contribution in [2.45, 2.75) is 38.3 Å². The van der Waals surface area contributed by atoms with Gasteiger partial charge in [0.2, 0.25) is 0 Å². The van der Waals surface area contributed by atoms with Crippen LogP contribution in [0.15, 0.2) is 28.7 Å². The van der Waals surface area contributed by atoms with Gasteiger partial charge in [-0.05, 0) is 49.3 Å². The van der Waals surface area contributed by atoms with Gasteiger partial charge >= 0.3 is 0 Å². The summed E-state index contributed by atoms with van der Waals surface area (Å²) in [5.74, 6) is 1.01. The van der Waals surface area contributed by atoms with Crippen molar-refractivity contribution in [3.05, 3.63) is 34.3 Å². The molecule has 3 rings (SSSR count). The first-order chi connectivity index (χ1) is 7.81. The molecule has 1 aromatic rings. The van der Waals surface area contributed by atoms with Gasteiger partial charge in [0.25, 0.3) is 0 Å². The van der Waals surface area contributed by atoms with Gasteiger partial charge in [0.1, 0.15) is 0 Å². The first-order valence-corrected chi connectivity index (χ1v) is 7.09. The van der Waals surface area contributed by atoms with Crippen LogP contribution in [0.1, 0.15) is 31.2 Å². The molecule has 2 fully saturated rings. The predicted molar refractivity (Wildman–Crippen MR) is 70.3 cm³/mol. The van der Waals surface area contributed by atoms with Crippen molar-refractivity contribution in [3.63, 3.8) is 0 Å². The maximum absolute atomic E-state index is 3.55. The number of rotatable bonds is 5. The SMILES string of the molecule is Brc1cccc(CN(CC2CC2)C2CC2)c1. The van der Waals surface area contributed by atoms with Crippen molar-refractivity contribution < 1.29 is 0 Å². The van der Waals surface area contributed by atoms with E-state index in [0.29, 0.717) is 0 Å². The number of hydrogen-bond acceptors (Lipinski definition) is 1. The van der Waals surface area contributed by atoms with Gasteiger partial charge in [0.05, 0.1) is 0 Å². The molecular formula is C14H18BrN. The van der Waals surface area contributed by atoms with Crippen LogP contribution < -0.4 is 0 Å². The molecule has 2 heteroatoms. The Morgan fingerprint density at radius 2 is 2.00 bits per heavy atom. The second-order valence-electron chi connectivity index (χ2n) is 5.23. The Kier molecular flexibility index (Phi) is 3.03. The average molecular weight is 280 g/mol. The van der Waals surface area contributed by atoms with E-state index in [4.69, 9.17) is 0 Å². The maximum Gasteiger partial charge on any atom is 0.0237 e. The second kappa shape index (κ2) is 4.50. The van der Waals surface area contributed by atoms with E-state index < -0.39 is 0 Å². The van der Waals surface area contributed by atoms with Crippen molar-refractivity contribution >= 4 is 15.9 Å². The van der Waals surface area contributed by atoms with Crippen molar-refractivity contribution in [2.75, 3.05) is 6.54 Å². The van der Waals surface area contributed by atoms with Crippen molar-refractivity contribution in [1.29, 1.82) is 0 Å². The van der Waals surface area contributed by atoms with Gasteiger partial charge in [0, 0.05) is 23.6 Å². The average Bonchev–Trinajstić information content (AvgIpc) is 3.12. The van der Waals surface area contributed by atoms with E-state index in [9.17, 15) is 0 Å². The minimum atomic E-state index is 0.889. The summed E-state index contributed by atoms with van der Waals surface area (Å²) < 4.78 is 1.20. The quantitative estimate of drug-likeness (QED) is 0.792. The molecule has 0 N–H and O–H groups in total. The first-order valence-electron chi connectivity index (χ1n) is 6.30. The molecule has 86 valence electrons. The minimum Gasteiger partial charge on any atom is -0.296 e. The molecule has 2 aliphatic rings. The Morgan fingerprint density at radius 3 is 2.62 bits per heavy atom. The predicted octanol–water partition coefficient (Wildman–Crippen LogP) is 3.82. The Bertz CT molecular complexity index is 369. The Morgan fingerprint density at radius 1 is 1.19 bits per heavy atom. The van der Waals surface area contributed by atoms with E-state index in [1.807, 2.05) is 0 Å². The number of nitrogens with zero attached hydrogens (tertiary/aromatic N) is 1. The van der Waals surface area contributed by atoms with Gasteiger partial charge in [0.15, 0.2) is 0 Å². The summed E-state index contributed by atoms with van der Waals surface area (Å²) in [5, 5.41) is 0. The largest absolute Gasteiger partial charge is 0.296 e. The third-order valence-electron chi connectivity index (χ3n) is 3.53. The normalized spacial score (nSPS) is 20.4. The van der Waals surface area contributed by atoms with Crippen LogP contribution in [0.4, 0.5) is 0 Å². The van der Waals surface area contributed by atoms with Crippen LogP contribution >= 0.6 is 15.9 Å². The van der Waals surface area contributed by atoms with Gasteiger partial charge in [-0.15, -0.1) is 0 Å². The monoisotopic (exact) mass is 279 g/mol. The molecular weight excluding hydrogens is 262 g/mol. The Labute approximate surface area is 106 Å². The lowest BCUT2D eigenvalue weighted by atomic mass is 10.2. The topological polar surface area (TPSA) is 3.24 Å². The van der Waals surface area contributed by atoms with Crippen LogP contribution in [0.25, 0.3) is 0 Å². The lowest BCUT2D eigenvalue weighted by molar-refractivity contribution is 0.244. The highest BCUT2D eigenvalue weighted by atomic mass is 79.9. The van der Waals surface area contributed by atoms with Gasteiger partial charge in [-0.25, -0.2) is 0 Å². The van der Waals surface area contributed by atoms with Crippen LogP contribution in [0.3, 0.4) is 0 Å². The van der Waals surface area contributed by atoms with E-state index in [2.05, 4.69) is 45.1 Å². The lowest BCUT2D eigenvalue weighted by Gasteiger charge is -2.22. The molecule has 0 bridgehead atoms. The van der Waals surface area contributed by atoms with Gasteiger partial charge in [-0.3, -0.25) is 4.90 Å². The zero-order valence-electron chi connectivity index (χ0n) is 9.53. The van der Waals surface area contributed by atoms with Crippen LogP contribution in [-0.2, 0) is 6.54 Å². The molecule has 2 saturated carbocycles. The zero-order valence-corrected chi connectivity index (χ0v) is 11.1. The third-order valence-corrected chi connectivity index (χ3v) is 4.02. The summed E-state index contributed by atoms with van der Waals surface area (Å²) in [7, 11) is 0. The van der Waals surface area contributed by atoms with Gasteiger partial charge in [-0.1, -0.05) is 28.1 Å². The minimum absolute atomic E-state index is 0.889. The zero-order chi connectivity index (χ0) is 11.0. The Balaban J connectivity index is 1.65. The fourth-order valence-corrected chi connectivity index (χ4v) is 2.73. The molecule has 0 unspecified atom stereocenters. The summed E-state index contributed by atoms with van der Waals surface area (Å²) in [4.78, 5) is 2.69. The molecule has 0 saturated heterocycles. The lowest BCUT2D eigenvalue weighted by Crippen LogP contribution is -2.27. The summed E-state index contributed by atoms with van der Waals surface area (Å²) in [5.41, 5.74) is 1.45. The molecule has 0 heterocycles. The van der Waals surface area contributed by atoms with Crippen molar-refractivity contribution in [3.8, 4) is 0 Å². The molecule has 0 radical (unpaired) electrons. The van der Waals surface area contributed by atoms with E-state index in [0.717, 1.165) is 18.5 Å². The summed E-state index contributed by atoms with van der Waals surface area (Å²) in [6, 6.07) is 9.63. The number of halogens is 1. The van der Waals surface area contributed by atoms with E-state index in [1.54, 1.807) is 0 Å². The molecule has 0 spiro atoms. The molecule has 2 aliphatic carbocycles. The standard InChI is InChI=1S/C14H18BrN/c15-13-3-1-2-12(8-13)10-16(14-6-7-14)9-11-4-5-11/h1-3,8,11,14H,4-7,9-10H2. The molecule has 1 aromatic carbocycles.